The predicted octanol–water partition coefficient (Wildman–Crippen LogP) is 3.94. The minimum Gasteiger partial charge on any atom is -0.496 e. The minimum atomic E-state index is -0.544. The molecular formula is C18H12BrClN2O3S. The van der Waals surface area contributed by atoms with Gasteiger partial charge in [-0.25, -0.2) is 0 Å². The number of hydrogen-bond donors (Lipinski definition) is 1. The van der Waals surface area contributed by atoms with Gasteiger partial charge in [0.25, 0.3) is 11.8 Å². The summed E-state index contributed by atoms with van der Waals surface area (Å²) >= 11 is 14.4. The first-order valence-corrected chi connectivity index (χ1v) is 8.99. The fraction of sp³-hybridized carbons (Fsp3) is 0.0556. The molecule has 1 heterocycles. The number of nitrogens with one attached hydrogen (secondary N) is 1. The molecule has 132 valence electrons. The van der Waals surface area contributed by atoms with Gasteiger partial charge in [-0.05, 0) is 76.2 Å². The zero-order chi connectivity index (χ0) is 18.8. The van der Waals surface area contributed by atoms with Gasteiger partial charge in [0.15, 0.2) is 5.11 Å². The van der Waals surface area contributed by atoms with Crippen LogP contribution in [-0.4, -0.2) is 24.0 Å². The van der Waals surface area contributed by atoms with Crippen LogP contribution in [0.25, 0.3) is 6.08 Å². The number of anilines is 1. The second-order valence-electron chi connectivity index (χ2n) is 5.33. The Labute approximate surface area is 168 Å². The molecule has 1 N–H and O–H groups in total. The number of carbonyl (C=O) groups is 2. The molecule has 1 aliphatic rings. The Morgan fingerprint density at radius 2 is 1.88 bits per heavy atom. The van der Waals surface area contributed by atoms with Crippen molar-refractivity contribution >= 4 is 68.4 Å². The van der Waals surface area contributed by atoms with E-state index in [9.17, 15) is 9.59 Å². The number of hydrogen-bond acceptors (Lipinski definition) is 4. The highest BCUT2D eigenvalue weighted by Gasteiger charge is 2.34. The molecule has 5 nitrogen and oxygen atoms in total. The summed E-state index contributed by atoms with van der Waals surface area (Å²) in [5.74, 6) is -0.402. The zero-order valence-corrected chi connectivity index (χ0v) is 16.6. The van der Waals surface area contributed by atoms with Gasteiger partial charge in [-0.3, -0.25) is 19.8 Å². The van der Waals surface area contributed by atoms with E-state index in [1.807, 2.05) is 0 Å². The van der Waals surface area contributed by atoms with Crippen molar-refractivity contribution in [1.29, 1.82) is 0 Å². The molecule has 1 aliphatic heterocycles. The summed E-state index contributed by atoms with van der Waals surface area (Å²) in [5.41, 5.74) is 1.16. The fourth-order valence-corrected chi connectivity index (χ4v) is 3.39. The van der Waals surface area contributed by atoms with Gasteiger partial charge in [-0.2, -0.15) is 0 Å². The second kappa shape index (κ2) is 7.57. The van der Waals surface area contributed by atoms with Crippen LogP contribution in [0.15, 0.2) is 52.5 Å². The van der Waals surface area contributed by atoms with Gasteiger partial charge in [0.2, 0.25) is 0 Å². The molecule has 3 rings (SSSR count). The van der Waals surface area contributed by atoms with Crippen molar-refractivity contribution in [2.45, 2.75) is 0 Å². The molecule has 2 aromatic rings. The molecule has 8 heteroatoms. The van der Waals surface area contributed by atoms with Crippen LogP contribution >= 0.6 is 39.7 Å². The van der Waals surface area contributed by atoms with Gasteiger partial charge >= 0.3 is 0 Å². The third-order valence-corrected chi connectivity index (χ3v) is 4.83. The van der Waals surface area contributed by atoms with Crippen LogP contribution in [0.1, 0.15) is 5.56 Å². The van der Waals surface area contributed by atoms with Crippen LogP contribution in [0, 0.1) is 0 Å². The van der Waals surface area contributed by atoms with Gasteiger partial charge in [-0.15, -0.1) is 0 Å². The van der Waals surface area contributed by atoms with Crippen LogP contribution in [0.4, 0.5) is 5.69 Å². The topological polar surface area (TPSA) is 58.6 Å². The van der Waals surface area contributed by atoms with Crippen LogP contribution in [0.2, 0.25) is 5.02 Å². The number of rotatable bonds is 3. The minimum absolute atomic E-state index is 0.0226. The summed E-state index contributed by atoms with van der Waals surface area (Å²) < 4.78 is 5.89. The average Bonchev–Trinajstić information content (AvgIpc) is 2.60. The van der Waals surface area contributed by atoms with Crippen molar-refractivity contribution in [3.8, 4) is 5.75 Å². The Morgan fingerprint density at radius 1 is 1.19 bits per heavy atom. The molecule has 0 aliphatic carbocycles. The van der Waals surface area contributed by atoms with Crippen molar-refractivity contribution in [2.24, 2.45) is 0 Å². The van der Waals surface area contributed by atoms with Crippen LogP contribution in [-0.2, 0) is 9.59 Å². The summed E-state index contributed by atoms with van der Waals surface area (Å²) in [7, 11) is 1.56. The zero-order valence-electron chi connectivity index (χ0n) is 13.5. The maximum atomic E-state index is 12.9. The molecule has 0 saturated carbocycles. The fourth-order valence-electron chi connectivity index (χ4n) is 2.42. The normalized spacial score (nSPS) is 16.0. The lowest BCUT2D eigenvalue weighted by Crippen LogP contribution is -2.54. The van der Waals surface area contributed by atoms with E-state index < -0.39 is 11.8 Å². The average molecular weight is 452 g/mol. The number of carbonyl (C=O) groups excluding carboxylic acids is 2. The van der Waals surface area contributed by atoms with E-state index in [-0.39, 0.29) is 10.7 Å². The second-order valence-corrected chi connectivity index (χ2v) is 7.01. The number of ether oxygens (including phenoxy) is 1. The monoisotopic (exact) mass is 450 g/mol. The van der Waals surface area contributed by atoms with Gasteiger partial charge in [0.05, 0.1) is 17.3 Å². The maximum absolute atomic E-state index is 12.9. The third-order valence-electron chi connectivity index (χ3n) is 3.67. The van der Waals surface area contributed by atoms with Gasteiger partial charge in [0, 0.05) is 5.02 Å². The Balaban J connectivity index is 1.99. The number of amides is 2. The summed E-state index contributed by atoms with van der Waals surface area (Å²) in [4.78, 5) is 26.4. The van der Waals surface area contributed by atoms with Crippen molar-refractivity contribution in [3.05, 3.63) is 63.1 Å². The molecule has 26 heavy (non-hydrogen) atoms. The summed E-state index contributed by atoms with van der Waals surface area (Å²) in [6.45, 7) is 0. The molecule has 1 saturated heterocycles. The highest BCUT2D eigenvalue weighted by molar-refractivity contribution is 9.10. The summed E-state index contributed by atoms with van der Waals surface area (Å²) in [5, 5.41) is 3.10. The van der Waals surface area contributed by atoms with Crippen molar-refractivity contribution < 1.29 is 14.3 Å². The number of thiocarbonyl (C=S) groups is 1. The number of nitrogens with zero attached hydrogens (tertiary/aromatic N) is 1. The van der Waals surface area contributed by atoms with Crippen LogP contribution < -0.4 is 15.0 Å². The van der Waals surface area contributed by atoms with Crippen LogP contribution in [0.3, 0.4) is 0 Å². The van der Waals surface area contributed by atoms with Gasteiger partial charge in [-0.1, -0.05) is 17.7 Å². The van der Waals surface area contributed by atoms with Gasteiger partial charge < -0.3 is 4.74 Å². The Hall–Kier alpha value is -2.22. The lowest BCUT2D eigenvalue weighted by atomic mass is 10.1. The quantitative estimate of drug-likeness (QED) is 0.436. The largest absolute Gasteiger partial charge is 0.496 e. The number of halogens is 2. The Bertz CT molecular complexity index is 944. The predicted molar refractivity (Wildman–Crippen MR) is 108 cm³/mol. The van der Waals surface area contributed by atoms with E-state index in [1.54, 1.807) is 49.6 Å². The Morgan fingerprint density at radius 3 is 2.50 bits per heavy atom. The number of benzene rings is 2. The first-order chi connectivity index (χ1) is 12.4. The van der Waals surface area contributed by atoms with E-state index in [1.165, 1.54) is 11.0 Å². The highest BCUT2D eigenvalue weighted by Crippen LogP contribution is 2.28. The molecule has 0 spiro atoms. The molecule has 0 bridgehead atoms. The molecule has 0 radical (unpaired) electrons. The van der Waals surface area contributed by atoms with E-state index in [0.717, 1.165) is 0 Å². The smallest absolute Gasteiger partial charge is 0.270 e. The molecule has 0 atom stereocenters. The van der Waals surface area contributed by atoms with E-state index >= 15 is 0 Å². The summed E-state index contributed by atoms with van der Waals surface area (Å²) in [6.07, 6.45) is 1.51. The van der Waals surface area contributed by atoms with Crippen molar-refractivity contribution in [1.82, 2.24) is 5.32 Å². The molecule has 2 aromatic carbocycles. The van der Waals surface area contributed by atoms with E-state index in [0.29, 0.717) is 26.5 Å². The number of methoxy groups -OCH3 is 1. The molecule has 1 fully saturated rings. The van der Waals surface area contributed by atoms with Gasteiger partial charge in [0.1, 0.15) is 11.3 Å². The Kier molecular flexibility index (Phi) is 5.41. The SMILES string of the molecule is COc1ccc(/C=C2\C(=O)NC(=S)N(c3ccc(Cl)cc3)C2=O)cc1Br. The summed E-state index contributed by atoms with van der Waals surface area (Å²) in [6, 6.07) is 11.9. The van der Waals surface area contributed by atoms with Crippen LogP contribution in [0.5, 0.6) is 5.75 Å². The lowest BCUT2D eigenvalue weighted by molar-refractivity contribution is -0.122. The lowest BCUT2D eigenvalue weighted by Gasteiger charge is -2.29. The first kappa shape index (κ1) is 18.6. The third kappa shape index (κ3) is 3.65. The standard InChI is InChI=1S/C18H12BrClN2O3S/c1-25-15-7-2-10(9-14(15)19)8-13-16(23)21-18(26)22(17(13)24)12-5-3-11(20)4-6-12/h2-9H,1H3,(H,21,23,26)/b13-8+. The highest BCUT2D eigenvalue weighted by atomic mass is 79.9. The first-order valence-electron chi connectivity index (χ1n) is 7.41. The van der Waals surface area contributed by atoms with Crippen molar-refractivity contribution in [2.75, 3.05) is 12.0 Å². The molecule has 2 amide bonds. The molecular weight excluding hydrogens is 440 g/mol. The van der Waals surface area contributed by atoms with Crippen molar-refractivity contribution in [3.63, 3.8) is 0 Å². The molecule has 0 aromatic heterocycles. The maximum Gasteiger partial charge on any atom is 0.270 e. The van der Waals surface area contributed by atoms with E-state index in [4.69, 9.17) is 28.6 Å². The van der Waals surface area contributed by atoms with E-state index in [2.05, 4.69) is 21.2 Å². The molecule has 0 unspecified atom stereocenters.